The molecule has 16 heavy (non-hydrogen) atoms. The molecular formula is C12H20O2S2. The second-order valence-corrected chi connectivity index (χ2v) is 5.32. The Morgan fingerprint density at radius 2 is 1.88 bits per heavy atom. The molecule has 0 radical (unpaired) electrons. The Balaban J connectivity index is 2.85. The summed E-state index contributed by atoms with van der Waals surface area (Å²) < 4.78 is 5.41. The number of hydrogen-bond acceptors (Lipinski definition) is 3. The molecule has 1 aliphatic carbocycles. The van der Waals surface area contributed by atoms with E-state index in [1.165, 1.54) is 19.3 Å². The summed E-state index contributed by atoms with van der Waals surface area (Å²) in [6, 6.07) is 0. The highest BCUT2D eigenvalue weighted by molar-refractivity contribution is 7.81. The highest BCUT2D eigenvalue weighted by atomic mass is 32.1. The number of ether oxygens (including phenoxy) is 1. The minimum absolute atomic E-state index is 0.0159. The van der Waals surface area contributed by atoms with Crippen molar-refractivity contribution in [2.24, 2.45) is 11.3 Å². The minimum Gasteiger partial charge on any atom is -0.501 e. The maximum atomic E-state index is 9.78. The lowest BCUT2D eigenvalue weighted by Crippen LogP contribution is -2.43. The highest BCUT2D eigenvalue weighted by Gasteiger charge is 2.44. The molecule has 0 spiro atoms. The predicted octanol–water partition coefficient (Wildman–Crippen LogP) is 3.82. The van der Waals surface area contributed by atoms with Gasteiger partial charge in [-0.3, -0.25) is 0 Å². The van der Waals surface area contributed by atoms with Gasteiger partial charge in [-0.25, -0.2) is 0 Å². The van der Waals surface area contributed by atoms with E-state index >= 15 is 0 Å². The molecule has 0 heterocycles. The van der Waals surface area contributed by atoms with Gasteiger partial charge in [0.2, 0.25) is 0 Å². The molecule has 0 aromatic carbocycles. The summed E-state index contributed by atoms with van der Waals surface area (Å²) in [5, 5.41) is 10.2. The van der Waals surface area contributed by atoms with Crippen molar-refractivity contribution in [3.8, 4) is 0 Å². The Morgan fingerprint density at radius 3 is 2.31 bits per heavy atom. The topological polar surface area (TPSA) is 29.5 Å². The van der Waals surface area contributed by atoms with E-state index in [4.69, 9.17) is 29.2 Å². The molecule has 0 amide bonds. The van der Waals surface area contributed by atoms with E-state index in [-0.39, 0.29) is 5.05 Å². The Labute approximate surface area is 108 Å². The van der Waals surface area contributed by atoms with Crippen molar-refractivity contribution in [1.82, 2.24) is 0 Å². The van der Waals surface area contributed by atoms with Crippen LogP contribution in [0.15, 0.2) is 0 Å². The third-order valence-electron chi connectivity index (χ3n) is 3.57. The van der Waals surface area contributed by atoms with E-state index in [0.717, 1.165) is 12.8 Å². The molecule has 92 valence electrons. The lowest BCUT2D eigenvalue weighted by molar-refractivity contribution is 0.208. The molecule has 1 saturated carbocycles. The third kappa shape index (κ3) is 2.72. The van der Waals surface area contributed by atoms with Crippen molar-refractivity contribution in [2.75, 3.05) is 6.61 Å². The normalized spacial score (nSPS) is 21.1. The van der Waals surface area contributed by atoms with Crippen LogP contribution in [0.25, 0.3) is 0 Å². The maximum Gasteiger partial charge on any atom is 0.174 e. The monoisotopic (exact) mass is 260 g/mol. The third-order valence-corrected chi connectivity index (χ3v) is 4.53. The van der Waals surface area contributed by atoms with Gasteiger partial charge in [-0.2, -0.15) is 0 Å². The van der Waals surface area contributed by atoms with E-state index in [1.54, 1.807) is 0 Å². The van der Waals surface area contributed by atoms with Crippen LogP contribution < -0.4 is 0 Å². The quantitative estimate of drug-likeness (QED) is 0.778. The number of thiocarbonyl (C=S) groups is 2. The Bertz CT molecular complexity index is 272. The van der Waals surface area contributed by atoms with Gasteiger partial charge in [-0.1, -0.05) is 19.3 Å². The molecule has 0 aliphatic heterocycles. The summed E-state index contributed by atoms with van der Waals surface area (Å²) in [6.07, 6.45) is 5.80. The van der Waals surface area contributed by atoms with Gasteiger partial charge < -0.3 is 9.84 Å². The summed E-state index contributed by atoms with van der Waals surface area (Å²) in [5.74, 6) is 0.331. The van der Waals surface area contributed by atoms with Crippen molar-refractivity contribution in [2.45, 2.75) is 46.0 Å². The Morgan fingerprint density at radius 1 is 1.31 bits per heavy atom. The second kappa shape index (κ2) is 5.92. The summed E-state index contributed by atoms with van der Waals surface area (Å²) in [4.78, 5) is 0. The molecule has 1 atom stereocenters. The fourth-order valence-corrected chi connectivity index (χ4v) is 3.09. The first-order chi connectivity index (χ1) is 7.53. The summed E-state index contributed by atoms with van der Waals surface area (Å²) >= 11 is 10.3. The molecule has 0 aromatic heterocycles. The first-order valence-electron chi connectivity index (χ1n) is 5.94. The van der Waals surface area contributed by atoms with E-state index in [9.17, 15) is 5.11 Å². The highest BCUT2D eigenvalue weighted by Crippen LogP contribution is 2.40. The van der Waals surface area contributed by atoms with Crippen LogP contribution >= 0.6 is 24.4 Å². The summed E-state index contributed by atoms with van der Waals surface area (Å²) in [5.41, 5.74) is -0.624. The van der Waals surface area contributed by atoms with E-state index in [1.807, 2.05) is 13.8 Å². The molecule has 1 unspecified atom stereocenters. The molecule has 2 nitrogen and oxygen atoms in total. The van der Waals surface area contributed by atoms with Crippen LogP contribution in [-0.4, -0.2) is 21.8 Å². The van der Waals surface area contributed by atoms with Gasteiger partial charge >= 0.3 is 0 Å². The summed E-state index contributed by atoms with van der Waals surface area (Å²) in [6.45, 7) is 4.35. The SMILES string of the molecule is CCOC(=S)C(C)(C(O)=S)C1CCCCC1. The largest absolute Gasteiger partial charge is 0.501 e. The van der Waals surface area contributed by atoms with Crippen LogP contribution in [0.1, 0.15) is 46.0 Å². The molecule has 1 rings (SSSR count). The average Bonchev–Trinajstić information content (AvgIpc) is 2.29. The molecule has 1 N–H and O–H groups in total. The lowest BCUT2D eigenvalue weighted by atomic mass is 9.70. The number of hydrogen-bond donors (Lipinski definition) is 1. The standard InChI is InChI=1S/C12H20O2S2/c1-3-14-11(16)12(2,10(13)15)9-7-5-4-6-8-9/h9H,3-8H2,1-2H3,(H,13,15). The van der Waals surface area contributed by atoms with Gasteiger partial charge in [0.05, 0.1) is 6.61 Å². The van der Waals surface area contributed by atoms with Crippen LogP contribution in [0.4, 0.5) is 0 Å². The fourth-order valence-electron chi connectivity index (χ4n) is 2.39. The van der Waals surface area contributed by atoms with Gasteiger partial charge in [0, 0.05) is 0 Å². The Kier molecular flexibility index (Phi) is 5.12. The molecule has 1 fully saturated rings. The molecule has 0 aromatic rings. The zero-order valence-electron chi connectivity index (χ0n) is 9.99. The number of rotatable bonds is 4. The maximum absolute atomic E-state index is 9.78. The first-order valence-corrected chi connectivity index (χ1v) is 6.75. The zero-order valence-corrected chi connectivity index (χ0v) is 11.6. The van der Waals surface area contributed by atoms with Crippen molar-refractivity contribution in [1.29, 1.82) is 0 Å². The molecule has 1 aliphatic rings. The van der Waals surface area contributed by atoms with Gasteiger partial charge in [-0.05, 0) is 57.0 Å². The number of aliphatic hydroxyl groups is 1. The zero-order chi connectivity index (χ0) is 12.2. The van der Waals surface area contributed by atoms with Crippen LogP contribution in [0.2, 0.25) is 0 Å². The first kappa shape index (κ1) is 13.8. The lowest BCUT2D eigenvalue weighted by Gasteiger charge is -2.37. The van der Waals surface area contributed by atoms with E-state index in [2.05, 4.69) is 0 Å². The van der Waals surface area contributed by atoms with E-state index in [0.29, 0.717) is 17.6 Å². The Hall–Kier alpha value is -0.220. The number of aliphatic hydroxyl groups excluding tert-OH is 1. The van der Waals surface area contributed by atoms with Gasteiger partial charge in [-0.15, -0.1) is 0 Å². The molecule has 0 saturated heterocycles. The van der Waals surface area contributed by atoms with Gasteiger partial charge in [0.25, 0.3) is 0 Å². The smallest absolute Gasteiger partial charge is 0.174 e. The molecule has 4 heteroatoms. The van der Waals surface area contributed by atoms with E-state index < -0.39 is 5.41 Å². The average molecular weight is 260 g/mol. The van der Waals surface area contributed by atoms with Gasteiger partial charge in [0.15, 0.2) is 10.1 Å². The van der Waals surface area contributed by atoms with Gasteiger partial charge in [0.1, 0.15) is 5.41 Å². The van der Waals surface area contributed by atoms with Crippen molar-refractivity contribution in [3.05, 3.63) is 0 Å². The van der Waals surface area contributed by atoms with Crippen molar-refractivity contribution >= 4 is 34.5 Å². The van der Waals surface area contributed by atoms with Crippen LogP contribution in [0.5, 0.6) is 0 Å². The molecule has 0 bridgehead atoms. The summed E-state index contributed by atoms with van der Waals surface area (Å²) in [7, 11) is 0. The van der Waals surface area contributed by atoms with Crippen LogP contribution in [0.3, 0.4) is 0 Å². The minimum atomic E-state index is -0.624. The second-order valence-electron chi connectivity index (χ2n) is 4.56. The molecular weight excluding hydrogens is 240 g/mol. The van der Waals surface area contributed by atoms with Crippen LogP contribution in [0, 0.1) is 11.3 Å². The predicted molar refractivity (Wildman–Crippen MR) is 74.1 cm³/mol. The fraction of sp³-hybridized carbons (Fsp3) is 0.833. The van der Waals surface area contributed by atoms with Crippen molar-refractivity contribution in [3.63, 3.8) is 0 Å². The van der Waals surface area contributed by atoms with Crippen molar-refractivity contribution < 1.29 is 9.84 Å². The van der Waals surface area contributed by atoms with Crippen LogP contribution in [-0.2, 0) is 4.74 Å².